The predicted molar refractivity (Wildman–Crippen MR) is 201 cm³/mol. The van der Waals surface area contributed by atoms with Crippen molar-refractivity contribution in [1.82, 2.24) is 9.80 Å². The van der Waals surface area contributed by atoms with Crippen molar-refractivity contribution in [3.8, 4) is 11.1 Å². The molecule has 0 fully saturated rings. The molecule has 46 heavy (non-hydrogen) atoms. The molecule has 0 atom stereocenters. The van der Waals surface area contributed by atoms with E-state index in [1.165, 1.54) is 151 Å². The van der Waals surface area contributed by atoms with Crippen LogP contribution in [0.15, 0.2) is 48.5 Å². The normalized spacial score (nSPS) is 11.7. The van der Waals surface area contributed by atoms with Crippen molar-refractivity contribution < 1.29 is 9.47 Å². The highest BCUT2D eigenvalue weighted by Crippen LogP contribution is 2.28. The number of benzene rings is 2. The molecule has 0 bridgehead atoms. The summed E-state index contributed by atoms with van der Waals surface area (Å²) in [5, 5.41) is 0. The van der Waals surface area contributed by atoms with Crippen LogP contribution in [0.5, 0.6) is 0 Å². The van der Waals surface area contributed by atoms with E-state index in [1.807, 2.05) is 0 Å². The molecule has 2 rings (SSSR count). The van der Waals surface area contributed by atoms with E-state index in [1.54, 1.807) is 0 Å². The monoisotopic (exact) mass is 637 g/mol. The van der Waals surface area contributed by atoms with Gasteiger partial charge in [-0.3, -0.25) is 0 Å². The van der Waals surface area contributed by atoms with Crippen molar-refractivity contribution in [2.45, 2.75) is 144 Å². The smallest absolute Gasteiger partial charge is 0.0723 e. The molecule has 262 valence electrons. The van der Waals surface area contributed by atoms with Gasteiger partial charge in [0.05, 0.1) is 26.4 Å². The fourth-order valence-electron chi connectivity index (χ4n) is 6.29. The molecule has 0 heterocycles. The lowest BCUT2D eigenvalue weighted by Gasteiger charge is -2.23. The van der Waals surface area contributed by atoms with E-state index >= 15 is 0 Å². The second-order valence-corrected chi connectivity index (χ2v) is 13.3. The summed E-state index contributed by atoms with van der Waals surface area (Å²) in [6.45, 7) is 18.9. The summed E-state index contributed by atoms with van der Waals surface area (Å²) in [6, 6.07) is 17.5. The van der Waals surface area contributed by atoms with Crippen molar-refractivity contribution in [1.29, 1.82) is 0 Å². The second kappa shape index (κ2) is 28.3. The minimum atomic E-state index is 0.648. The molecule has 2 aromatic carbocycles. The summed E-state index contributed by atoms with van der Waals surface area (Å²) in [7, 11) is 0. The van der Waals surface area contributed by atoms with Crippen molar-refractivity contribution in [2.75, 3.05) is 52.5 Å². The van der Waals surface area contributed by atoms with Crippen LogP contribution in [0, 0.1) is 0 Å². The zero-order chi connectivity index (χ0) is 32.9. The maximum atomic E-state index is 6.34. The molecule has 0 aliphatic rings. The van der Waals surface area contributed by atoms with Crippen LogP contribution in [0.25, 0.3) is 11.1 Å². The van der Waals surface area contributed by atoms with Gasteiger partial charge in [-0.1, -0.05) is 153 Å². The highest BCUT2D eigenvalue weighted by atomic mass is 16.5. The van der Waals surface area contributed by atoms with E-state index in [9.17, 15) is 0 Å². The van der Waals surface area contributed by atoms with E-state index in [0.29, 0.717) is 13.2 Å². The highest BCUT2D eigenvalue weighted by Gasteiger charge is 2.11. The standard InChI is InChI=1S/C42H72N2O2/c1-5-9-13-15-23-31-43(29-21-11-7-3)33-35-45-37-39-25-17-19-27-41(39)42-28-20-18-26-40(42)38-46-36-34-44(30-22-12-8-4)32-24-16-14-10-6-2/h17-20,25-28H,5-16,21-24,29-38H2,1-4H3. The largest absolute Gasteiger partial charge is 0.375 e. The lowest BCUT2D eigenvalue weighted by molar-refractivity contribution is 0.0906. The van der Waals surface area contributed by atoms with Crippen molar-refractivity contribution in [3.63, 3.8) is 0 Å². The maximum absolute atomic E-state index is 6.34. The Morgan fingerprint density at radius 1 is 0.391 bits per heavy atom. The average Bonchev–Trinajstić information content (AvgIpc) is 3.08. The fraction of sp³-hybridized carbons (Fsp3) is 0.714. The quantitative estimate of drug-likeness (QED) is 0.0769. The molecule has 2 aromatic rings. The number of rotatable bonds is 31. The first-order valence-electron chi connectivity index (χ1n) is 19.5. The van der Waals surface area contributed by atoms with Crippen LogP contribution in [0.2, 0.25) is 0 Å². The van der Waals surface area contributed by atoms with E-state index in [0.717, 1.165) is 26.3 Å². The first-order valence-corrected chi connectivity index (χ1v) is 19.5. The summed E-state index contributed by atoms with van der Waals surface area (Å²) in [5.41, 5.74) is 5.06. The predicted octanol–water partition coefficient (Wildman–Crippen LogP) is 11.3. The molecule has 4 nitrogen and oxygen atoms in total. The first-order chi connectivity index (χ1) is 22.7. The summed E-state index contributed by atoms with van der Waals surface area (Å²) < 4.78 is 12.7. The molecule has 0 aliphatic heterocycles. The fourth-order valence-corrected chi connectivity index (χ4v) is 6.29. The molecule has 0 aliphatic carbocycles. The molecular weight excluding hydrogens is 564 g/mol. The van der Waals surface area contributed by atoms with Crippen LogP contribution < -0.4 is 0 Å². The van der Waals surface area contributed by atoms with Crippen LogP contribution in [-0.2, 0) is 22.7 Å². The van der Waals surface area contributed by atoms with E-state index in [2.05, 4.69) is 86.0 Å². The Hall–Kier alpha value is -1.72. The van der Waals surface area contributed by atoms with Gasteiger partial charge in [0, 0.05) is 13.1 Å². The van der Waals surface area contributed by atoms with Crippen molar-refractivity contribution in [2.24, 2.45) is 0 Å². The van der Waals surface area contributed by atoms with Crippen LogP contribution in [0.3, 0.4) is 0 Å². The minimum Gasteiger partial charge on any atom is -0.375 e. The van der Waals surface area contributed by atoms with Crippen LogP contribution in [-0.4, -0.2) is 62.3 Å². The Morgan fingerprint density at radius 2 is 0.717 bits per heavy atom. The summed E-state index contributed by atoms with van der Waals surface area (Å²) in [5.74, 6) is 0. The molecule has 0 saturated heterocycles. The zero-order valence-corrected chi connectivity index (χ0v) is 30.7. The number of hydrogen-bond donors (Lipinski definition) is 0. The molecule has 0 amide bonds. The van der Waals surface area contributed by atoms with Crippen LogP contribution in [0.1, 0.15) is 142 Å². The number of nitrogens with zero attached hydrogens (tertiary/aromatic N) is 2. The number of hydrogen-bond acceptors (Lipinski definition) is 4. The minimum absolute atomic E-state index is 0.648. The summed E-state index contributed by atoms with van der Waals surface area (Å²) >= 11 is 0. The maximum Gasteiger partial charge on any atom is 0.0723 e. The van der Waals surface area contributed by atoms with E-state index < -0.39 is 0 Å². The SMILES string of the molecule is CCCCCCCN(CCCCC)CCOCc1ccccc1-c1ccccc1COCCN(CCCCC)CCCCCCC. The summed E-state index contributed by atoms with van der Waals surface area (Å²) in [6.07, 6.45) is 21.2. The van der Waals surface area contributed by atoms with Gasteiger partial charge < -0.3 is 19.3 Å². The third kappa shape index (κ3) is 18.6. The molecule has 0 spiro atoms. The first kappa shape index (κ1) is 40.5. The number of ether oxygens (including phenoxy) is 2. The third-order valence-corrected chi connectivity index (χ3v) is 9.26. The average molecular weight is 637 g/mol. The van der Waals surface area contributed by atoms with E-state index in [4.69, 9.17) is 9.47 Å². The lowest BCUT2D eigenvalue weighted by Crippen LogP contribution is -2.30. The summed E-state index contributed by atoms with van der Waals surface area (Å²) in [4.78, 5) is 5.27. The molecule has 4 heteroatoms. The van der Waals surface area contributed by atoms with Crippen LogP contribution >= 0.6 is 0 Å². The van der Waals surface area contributed by atoms with Gasteiger partial charge in [0.25, 0.3) is 0 Å². The van der Waals surface area contributed by atoms with Gasteiger partial charge in [0.1, 0.15) is 0 Å². The molecule has 0 N–H and O–H groups in total. The molecule has 0 saturated carbocycles. The topological polar surface area (TPSA) is 24.9 Å². The molecule has 0 unspecified atom stereocenters. The second-order valence-electron chi connectivity index (χ2n) is 13.3. The van der Waals surface area contributed by atoms with Gasteiger partial charge in [0.15, 0.2) is 0 Å². The Kier molecular flexibility index (Phi) is 24.9. The lowest BCUT2D eigenvalue weighted by atomic mass is 9.96. The zero-order valence-electron chi connectivity index (χ0n) is 30.7. The van der Waals surface area contributed by atoms with Crippen molar-refractivity contribution >= 4 is 0 Å². The molecule has 0 radical (unpaired) electrons. The Labute approximate surface area is 285 Å². The number of unbranched alkanes of at least 4 members (excludes halogenated alkanes) is 12. The Balaban J connectivity index is 1.89. The van der Waals surface area contributed by atoms with E-state index in [-0.39, 0.29) is 0 Å². The molecular formula is C42H72N2O2. The van der Waals surface area contributed by atoms with Crippen molar-refractivity contribution in [3.05, 3.63) is 59.7 Å². The van der Waals surface area contributed by atoms with Gasteiger partial charge in [-0.2, -0.15) is 0 Å². The van der Waals surface area contributed by atoms with Gasteiger partial charge in [0.2, 0.25) is 0 Å². The third-order valence-electron chi connectivity index (χ3n) is 9.26. The van der Waals surface area contributed by atoms with Gasteiger partial charge in [-0.25, -0.2) is 0 Å². The highest BCUT2D eigenvalue weighted by molar-refractivity contribution is 5.70. The molecule has 0 aromatic heterocycles. The van der Waals surface area contributed by atoms with Gasteiger partial charge in [-0.05, 0) is 74.1 Å². The van der Waals surface area contributed by atoms with Gasteiger partial charge in [-0.15, -0.1) is 0 Å². The Bertz CT molecular complexity index is 887. The van der Waals surface area contributed by atoms with Gasteiger partial charge >= 0.3 is 0 Å². The Morgan fingerprint density at radius 3 is 1.11 bits per heavy atom. The van der Waals surface area contributed by atoms with Crippen LogP contribution in [0.4, 0.5) is 0 Å².